The summed E-state index contributed by atoms with van der Waals surface area (Å²) < 4.78 is 0. The molecule has 1 aromatic heterocycles. The van der Waals surface area contributed by atoms with Crippen LogP contribution in [-0.2, 0) is 6.42 Å². The average Bonchev–Trinajstić information content (AvgIpc) is 2.79. The average molecular weight is 411 g/mol. The van der Waals surface area contributed by atoms with Crippen LogP contribution in [0.2, 0.25) is 0 Å². The van der Waals surface area contributed by atoms with E-state index in [0.717, 1.165) is 0 Å². The van der Waals surface area contributed by atoms with Crippen LogP contribution in [0.15, 0.2) is 48.8 Å². The van der Waals surface area contributed by atoms with Crippen molar-refractivity contribution in [3.8, 4) is 0 Å². The molecule has 2 aromatic rings. The van der Waals surface area contributed by atoms with Crippen LogP contribution < -0.4 is 5.32 Å². The maximum atomic E-state index is 10.2. The Morgan fingerprint density at radius 2 is 1.77 bits per heavy atom. The molecular weight excluding hydrogens is 372 g/mol. The van der Waals surface area contributed by atoms with E-state index in [1.54, 1.807) is 17.2 Å². The highest BCUT2D eigenvalue weighted by molar-refractivity contribution is 5.86. The smallest absolute Gasteiger partial charge is 0.337 e. The number of carboxylic acids is 1. The van der Waals surface area contributed by atoms with Gasteiger partial charge in [0.1, 0.15) is 0 Å². The topological polar surface area (TPSA) is 62.2 Å². The molecule has 0 unspecified atom stereocenters. The number of aryl methyl sites for hydroxylation is 1. The number of hydrogen-bond donors (Lipinski definition) is 2. The highest BCUT2D eigenvalue weighted by atomic mass is 16.4. The summed E-state index contributed by atoms with van der Waals surface area (Å²) in [5, 5.41) is 12.1. The third-order valence-electron chi connectivity index (χ3n) is 5.70. The lowest BCUT2D eigenvalue weighted by atomic mass is 9.88. The standard InChI is InChI=1S/C20H33N.C6H5NO2/c1-2-3-4-5-6-7-8-11-17-21-20-16-12-14-18-13-9-10-15-19(18)20;8-6(9)5-2-1-3-7-4-5/h9-10,13,15,20-21H,2-8,11-12,14,16-17H2,1H3;1-4H,(H,8,9)/t20-;/m1./s1. The Balaban J connectivity index is 0.000000297. The first-order valence-corrected chi connectivity index (χ1v) is 11.7. The summed E-state index contributed by atoms with van der Waals surface area (Å²) >= 11 is 0. The van der Waals surface area contributed by atoms with Gasteiger partial charge in [-0.15, -0.1) is 0 Å². The monoisotopic (exact) mass is 410 g/mol. The number of pyridine rings is 1. The number of nitrogens with zero attached hydrogens (tertiary/aromatic N) is 1. The second-order valence-electron chi connectivity index (χ2n) is 8.12. The molecule has 0 amide bonds. The Labute approximate surface area is 182 Å². The van der Waals surface area contributed by atoms with Crippen LogP contribution >= 0.6 is 0 Å². The van der Waals surface area contributed by atoms with Gasteiger partial charge >= 0.3 is 5.97 Å². The third-order valence-corrected chi connectivity index (χ3v) is 5.70. The molecule has 1 aliphatic carbocycles. The Hall–Kier alpha value is -2.20. The predicted octanol–water partition coefficient (Wildman–Crippen LogP) is 6.57. The first-order valence-electron chi connectivity index (χ1n) is 11.7. The summed E-state index contributed by atoms with van der Waals surface area (Å²) in [5.74, 6) is -0.942. The number of carbonyl (C=O) groups is 1. The predicted molar refractivity (Wildman–Crippen MR) is 124 cm³/mol. The molecule has 0 saturated carbocycles. The highest BCUT2D eigenvalue weighted by Crippen LogP contribution is 2.29. The number of fused-ring (bicyclic) bond motifs is 1. The van der Waals surface area contributed by atoms with Crippen LogP contribution in [0.25, 0.3) is 0 Å². The number of aromatic carboxylic acids is 1. The molecule has 1 aliphatic rings. The molecule has 4 heteroatoms. The molecule has 1 atom stereocenters. The van der Waals surface area contributed by atoms with E-state index in [9.17, 15) is 4.79 Å². The van der Waals surface area contributed by atoms with Crippen molar-refractivity contribution >= 4 is 5.97 Å². The molecule has 0 fully saturated rings. The maximum Gasteiger partial charge on any atom is 0.337 e. The summed E-state index contributed by atoms with van der Waals surface area (Å²) in [4.78, 5) is 13.8. The van der Waals surface area contributed by atoms with E-state index in [2.05, 4.69) is 41.5 Å². The molecule has 0 radical (unpaired) electrons. The van der Waals surface area contributed by atoms with Crippen molar-refractivity contribution in [1.29, 1.82) is 0 Å². The molecular formula is C26H38N2O2. The van der Waals surface area contributed by atoms with Crippen LogP contribution in [0, 0.1) is 0 Å². The molecule has 3 rings (SSSR count). The molecule has 1 aromatic carbocycles. The Morgan fingerprint density at radius 1 is 1.03 bits per heavy atom. The summed E-state index contributed by atoms with van der Waals surface area (Å²) in [5.41, 5.74) is 3.35. The van der Waals surface area contributed by atoms with Gasteiger partial charge in [-0.05, 0) is 55.5 Å². The number of unbranched alkanes of at least 4 members (excludes halogenated alkanes) is 7. The van der Waals surface area contributed by atoms with Gasteiger partial charge in [0, 0.05) is 18.4 Å². The summed E-state index contributed by atoms with van der Waals surface area (Å²) in [6.07, 6.45) is 18.0. The second-order valence-corrected chi connectivity index (χ2v) is 8.12. The largest absolute Gasteiger partial charge is 0.478 e. The van der Waals surface area contributed by atoms with Gasteiger partial charge in [0.15, 0.2) is 0 Å². The van der Waals surface area contributed by atoms with Crippen molar-refractivity contribution in [1.82, 2.24) is 10.3 Å². The number of aromatic nitrogens is 1. The van der Waals surface area contributed by atoms with Crippen LogP contribution in [0.5, 0.6) is 0 Å². The summed E-state index contributed by atoms with van der Waals surface area (Å²) in [7, 11) is 0. The van der Waals surface area contributed by atoms with Gasteiger partial charge in [-0.2, -0.15) is 0 Å². The minimum absolute atomic E-state index is 0.220. The van der Waals surface area contributed by atoms with E-state index in [0.29, 0.717) is 6.04 Å². The normalized spacial score (nSPS) is 15.0. The fourth-order valence-electron chi connectivity index (χ4n) is 3.99. The lowest BCUT2D eigenvalue weighted by molar-refractivity contribution is 0.0696. The Bertz CT molecular complexity index is 718. The second kappa shape index (κ2) is 14.7. The van der Waals surface area contributed by atoms with Crippen LogP contribution in [-0.4, -0.2) is 22.6 Å². The zero-order chi connectivity index (χ0) is 21.4. The van der Waals surface area contributed by atoms with Gasteiger partial charge in [-0.3, -0.25) is 4.98 Å². The number of benzene rings is 1. The van der Waals surface area contributed by atoms with Crippen molar-refractivity contribution in [2.75, 3.05) is 6.54 Å². The Kier molecular flexibility index (Phi) is 11.8. The zero-order valence-corrected chi connectivity index (χ0v) is 18.5. The van der Waals surface area contributed by atoms with Gasteiger partial charge in [0.25, 0.3) is 0 Å². The molecule has 0 bridgehead atoms. The van der Waals surface area contributed by atoms with E-state index >= 15 is 0 Å². The number of carboxylic acid groups (broad SMARTS) is 1. The lowest BCUT2D eigenvalue weighted by Gasteiger charge is -2.26. The molecule has 30 heavy (non-hydrogen) atoms. The SMILES string of the molecule is CCCCCCCCCCN[C@@H]1CCCc2ccccc21.O=C(O)c1cccnc1. The van der Waals surface area contributed by atoms with Crippen LogP contribution in [0.3, 0.4) is 0 Å². The molecule has 0 spiro atoms. The summed E-state index contributed by atoms with van der Waals surface area (Å²) in [6.45, 7) is 3.48. The van der Waals surface area contributed by atoms with E-state index in [1.165, 1.54) is 95.6 Å². The van der Waals surface area contributed by atoms with Crippen molar-refractivity contribution in [2.24, 2.45) is 0 Å². The van der Waals surface area contributed by atoms with Gasteiger partial charge in [0.2, 0.25) is 0 Å². The van der Waals surface area contributed by atoms with Crippen molar-refractivity contribution < 1.29 is 9.90 Å². The first-order chi connectivity index (χ1) is 14.7. The van der Waals surface area contributed by atoms with Gasteiger partial charge in [-0.25, -0.2) is 4.79 Å². The van der Waals surface area contributed by atoms with Gasteiger partial charge < -0.3 is 10.4 Å². The number of rotatable bonds is 11. The maximum absolute atomic E-state index is 10.2. The molecule has 0 aliphatic heterocycles. The van der Waals surface area contributed by atoms with E-state index in [1.807, 2.05) is 0 Å². The molecule has 4 nitrogen and oxygen atoms in total. The fourth-order valence-corrected chi connectivity index (χ4v) is 3.99. The van der Waals surface area contributed by atoms with Crippen molar-refractivity contribution in [3.63, 3.8) is 0 Å². The van der Waals surface area contributed by atoms with Crippen molar-refractivity contribution in [2.45, 2.75) is 83.6 Å². The third kappa shape index (κ3) is 9.08. The van der Waals surface area contributed by atoms with Crippen molar-refractivity contribution in [3.05, 3.63) is 65.5 Å². The van der Waals surface area contributed by atoms with E-state index < -0.39 is 5.97 Å². The fraction of sp³-hybridized carbons (Fsp3) is 0.538. The zero-order valence-electron chi connectivity index (χ0n) is 18.5. The minimum Gasteiger partial charge on any atom is -0.478 e. The quantitative estimate of drug-likeness (QED) is 0.411. The molecule has 1 heterocycles. The van der Waals surface area contributed by atoms with E-state index in [-0.39, 0.29) is 5.56 Å². The number of nitrogens with one attached hydrogen (secondary N) is 1. The van der Waals surface area contributed by atoms with E-state index in [4.69, 9.17) is 5.11 Å². The Morgan fingerprint density at radius 3 is 2.43 bits per heavy atom. The van der Waals surface area contributed by atoms with Crippen LogP contribution in [0.1, 0.15) is 98.7 Å². The van der Waals surface area contributed by atoms with Gasteiger partial charge in [0.05, 0.1) is 5.56 Å². The summed E-state index contributed by atoms with van der Waals surface area (Å²) in [6, 6.07) is 12.7. The first kappa shape index (κ1) is 24.1. The van der Waals surface area contributed by atoms with Gasteiger partial charge in [-0.1, -0.05) is 76.1 Å². The minimum atomic E-state index is -0.942. The molecule has 164 valence electrons. The lowest BCUT2D eigenvalue weighted by Crippen LogP contribution is -2.26. The number of hydrogen-bond acceptors (Lipinski definition) is 3. The highest BCUT2D eigenvalue weighted by Gasteiger charge is 2.18. The molecule has 0 saturated heterocycles. The van der Waals surface area contributed by atoms with Crippen LogP contribution in [0.4, 0.5) is 0 Å². The molecule has 2 N–H and O–H groups in total.